The number of nitrogens with zero attached hydrogens (tertiary/aromatic N) is 1. The molecular weight excluding hydrogens is 304 g/mol. The number of rotatable bonds is 3. The number of aryl methyl sites for hydroxylation is 2. The third-order valence-corrected chi connectivity index (χ3v) is 4.68. The lowest BCUT2D eigenvalue weighted by Crippen LogP contribution is -2.48. The van der Waals surface area contributed by atoms with E-state index in [0.717, 1.165) is 42.4 Å². The molecule has 5 nitrogen and oxygen atoms in total. The van der Waals surface area contributed by atoms with E-state index in [1.165, 1.54) is 6.42 Å². The van der Waals surface area contributed by atoms with Gasteiger partial charge in [0.15, 0.2) is 5.76 Å². The van der Waals surface area contributed by atoms with E-state index in [1.807, 2.05) is 36.9 Å². The summed E-state index contributed by atoms with van der Waals surface area (Å²) in [7, 11) is 0. The highest BCUT2D eigenvalue weighted by Gasteiger charge is 2.26. The van der Waals surface area contributed by atoms with Gasteiger partial charge in [-0.3, -0.25) is 9.59 Å². The third kappa shape index (κ3) is 3.16. The van der Waals surface area contributed by atoms with E-state index in [9.17, 15) is 9.59 Å². The standard InChI is InChI=1S/C19H24N2O3/c1-12-7-8-16-15(11-12)13(2)17(24-16)18(22)20-14(3)19(23)21-9-5-4-6-10-21/h7-8,11,14H,4-6,9-10H2,1-3H3,(H,20,22). The molecule has 1 aliphatic rings. The molecule has 128 valence electrons. The van der Waals surface area contributed by atoms with Crippen molar-refractivity contribution in [1.82, 2.24) is 10.2 Å². The molecule has 1 atom stereocenters. The summed E-state index contributed by atoms with van der Waals surface area (Å²) >= 11 is 0. The SMILES string of the molecule is Cc1ccc2oc(C(=O)NC(C)C(=O)N3CCCCC3)c(C)c2c1. The van der Waals surface area contributed by atoms with Crippen molar-refractivity contribution in [2.24, 2.45) is 0 Å². The number of nitrogens with one attached hydrogen (secondary N) is 1. The van der Waals surface area contributed by atoms with Crippen LogP contribution in [0.25, 0.3) is 11.0 Å². The van der Waals surface area contributed by atoms with E-state index in [1.54, 1.807) is 6.92 Å². The van der Waals surface area contributed by atoms with E-state index in [0.29, 0.717) is 5.58 Å². The summed E-state index contributed by atoms with van der Waals surface area (Å²) < 4.78 is 5.70. The molecule has 2 amide bonds. The minimum atomic E-state index is -0.551. The number of amides is 2. The second-order valence-electron chi connectivity index (χ2n) is 6.64. The minimum Gasteiger partial charge on any atom is -0.451 e. The molecule has 1 fully saturated rings. The second kappa shape index (κ2) is 6.67. The Morgan fingerprint density at radius 1 is 1.17 bits per heavy atom. The number of piperidine rings is 1. The molecule has 1 N–H and O–H groups in total. The first kappa shape index (κ1) is 16.6. The highest BCUT2D eigenvalue weighted by atomic mass is 16.3. The summed E-state index contributed by atoms with van der Waals surface area (Å²) in [5.74, 6) is -0.0687. The lowest BCUT2D eigenvalue weighted by Gasteiger charge is -2.29. The van der Waals surface area contributed by atoms with Crippen molar-refractivity contribution >= 4 is 22.8 Å². The van der Waals surface area contributed by atoms with E-state index < -0.39 is 6.04 Å². The number of furan rings is 1. The van der Waals surface area contributed by atoms with Crippen molar-refractivity contribution < 1.29 is 14.0 Å². The van der Waals surface area contributed by atoms with Gasteiger partial charge >= 0.3 is 0 Å². The van der Waals surface area contributed by atoms with Gasteiger partial charge in [-0.2, -0.15) is 0 Å². The van der Waals surface area contributed by atoms with Crippen molar-refractivity contribution in [2.75, 3.05) is 13.1 Å². The normalized spacial score (nSPS) is 16.2. The van der Waals surface area contributed by atoms with Gasteiger partial charge in [-0.25, -0.2) is 0 Å². The van der Waals surface area contributed by atoms with Crippen LogP contribution in [0.15, 0.2) is 22.6 Å². The minimum absolute atomic E-state index is 0.0207. The van der Waals surface area contributed by atoms with Crippen molar-refractivity contribution in [3.63, 3.8) is 0 Å². The monoisotopic (exact) mass is 328 g/mol. The molecule has 0 aliphatic carbocycles. The van der Waals surface area contributed by atoms with Gasteiger partial charge in [-0.1, -0.05) is 11.6 Å². The zero-order valence-corrected chi connectivity index (χ0v) is 14.5. The predicted molar refractivity (Wildman–Crippen MR) is 93.0 cm³/mol. The highest BCUT2D eigenvalue weighted by molar-refractivity contribution is 6.00. The summed E-state index contributed by atoms with van der Waals surface area (Å²) in [6, 6.07) is 5.28. The molecule has 0 saturated carbocycles. The van der Waals surface area contributed by atoms with Gasteiger partial charge in [0.2, 0.25) is 5.91 Å². The zero-order chi connectivity index (χ0) is 17.3. The summed E-state index contributed by atoms with van der Waals surface area (Å²) in [4.78, 5) is 26.8. The van der Waals surface area contributed by atoms with E-state index in [4.69, 9.17) is 4.42 Å². The van der Waals surface area contributed by atoms with Gasteiger partial charge in [-0.05, 0) is 52.2 Å². The average Bonchev–Trinajstić information content (AvgIpc) is 2.91. The van der Waals surface area contributed by atoms with Crippen LogP contribution in [0.2, 0.25) is 0 Å². The van der Waals surface area contributed by atoms with Crippen molar-refractivity contribution in [1.29, 1.82) is 0 Å². The highest BCUT2D eigenvalue weighted by Crippen LogP contribution is 2.26. The van der Waals surface area contributed by atoms with Gasteiger partial charge in [-0.15, -0.1) is 0 Å². The van der Waals surface area contributed by atoms with Gasteiger partial charge in [0, 0.05) is 24.0 Å². The van der Waals surface area contributed by atoms with Crippen LogP contribution in [-0.2, 0) is 4.79 Å². The van der Waals surface area contributed by atoms with Crippen LogP contribution < -0.4 is 5.32 Å². The largest absolute Gasteiger partial charge is 0.451 e. The van der Waals surface area contributed by atoms with Gasteiger partial charge < -0.3 is 14.6 Å². The molecule has 1 saturated heterocycles. The molecule has 1 aromatic heterocycles. The molecule has 5 heteroatoms. The first-order valence-corrected chi connectivity index (χ1v) is 8.57. The molecule has 0 radical (unpaired) electrons. The van der Waals surface area contributed by atoms with E-state index in [-0.39, 0.29) is 17.6 Å². The Kier molecular flexibility index (Phi) is 4.60. The molecule has 2 aromatic rings. The number of carbonyl (C=O) groups excluding carboxylic acids is 2. The zero-order valence-electron chi connectivity index (χ0n) is 14.5. The number of fused-ring (bicyclic) bond motifs is 1. The van der Waals surface area contributed by atoms with Gasteiger partial charge in [0.1, 0.15) is 11.6 Å². The maximum absolute atomic E-state index is 12.5. The lowest BCUT2D eigenvalue weighted by atomic mass is 10.1. The summed E-state index contributed by atoms with van der Waals surface area (Å²) in [6.07, 6.45) is 3.24. The van der Waals surface area contributed by atoms with Crippen LogP contribution in [0, 0.1) is 13.8 Å². The molecule has 0 bridgehead atoms. The summed E-state index contributed by atoms with van der Waals surface area (Å²) in [5, 5.41) is 3.73. The Bertz CT molecular complexity index is 772. The smallest absolute Gasteiger partial charge is 0.287 e. The number of hydrogen-bond acceptors (Lipinski definition) is 3. The quantitative estimate of drug-likeness (QED) is 0.941. The fraction of sp³-hybridized carbons (Fsp3) is 0.474. The summed E-state index contributed by atoms with van der Waals surface area (Å²) in [5.41, 5.74) is 2.62. The maximum Gasteiger partial charge on any atom is 0.287 e. The van der Waals surface area contributed by atoms with Crippen molar-refractivity contribution in [3.8, 4) is 0 Å². The number of hydrogen-bond donors (Lipinski definition) is 1. The van der Waals surface area contributed by atoms with Crippen LogP contribution in [0.3, 0.4) is 0 Å². The fourth-order valence-electron chi connectivity index (χ4n) is 3.26. The molecular formula is C19H24N2O3. The molecule has 3 rings (SSSR count). The first-order chi connectivity index (χ1) is 11.5. The number of benzene rings is 1. The van der Waals surface area contributed by atoms with Gasteiger partial charge in [0.25, 0.3) is 5.91 Å². The fourth-order valence-corrected chi connectivity index (χ4v) is 3.26. The maximum atomic E-state index is 12.5. The van der Waals surface area contributed by atoms with Crippen LogP contribution >= 0.6 is 0 Å². The van der Waals surface area contributed by atoms with Gasteiger partial charge in [0.05, 0.1) is 0 Å². The first-order valence-electron chi connectivity index (χ1n) is 8.57. The van der Waals surface area contributed by atoms with Crippen LogP contribution in [0.1, 0.15) is 47.9 Å². The van der Waals surface area contributed by atoms with Crippen LogP contribution in [0.5, 0.6) is 0 Å². The molecule has 2 heterocycles. The van der Waals surface area contributed by atoms with Crippen LogP contribution in [-0.4, -0.2) is 35.8 Å². The second-order valence-corrected chi connectivity index (χ2v) is 6.64. The molecule has 0 spiro atoms. The van der Waals surface area contributed by atoms with E-state index in [2.05, 4.69) is 5.32 Å². The Balaban J connectivity index is 1.74. The molecule has 1 unspecified atom stereocenters. The third-order valence-electron chi connectivity index (χ3n) is 4.68. The number of likely N-dealkylation sites (tertiary alicyclic amines) is 1. The Labute approximate surface area is 142 Å². The number of carbonyl (C=O) groups is 2. The van der Waals surface area contributed by atoms with Crippen molar-refractivity contribution in [3.05, 3.63) is 35.1 Å². The Morgan fingerprint density at radius 3 is 2.58 bits per heavy atom. The Hall–Kier alpha value is -2.30. The molecule has 1 aliphatic heterocycles. The molecule has 24 heavy (non-hydrogen) atoms. The Morgan fingerprint density at radius 2 is 1.88 bits per heavy atom. The average molecular weight is 328 g/mol. The summed E-state index contributed by atoms with van der Waals surface area (Å²) in [6.45, 7) is 7.17. The van der Waals surface area contributed by atoms with Crippen LogP contribution in [0.4, 0.5) is 0 Å². The topological polar surface area (TPSA) is 62.6 Å². The van der Waals surface area contributed by atoms with E-state index >= 15 is 0 Å². The lowest BCUT2D eigenvalue weighted by molar-refractivity contribution is -0.133. The molecule has 1 aromatic carbocycles. The van der Waals surface area contributed by atoms with Crippen molar-refractivity contribution in [2.45, 2.75) is 46.1 Å². The predicted octanol–water partition coefficient (Wildman–Crippen LogP) is 3.18.